The molecule has 8 atom stereocenters. The third kappa shape index (κ3) is 3.81. The Hall–Kier alpha value is -0.870. The molecule has 0 saturated heterocycles. The predicted octanol–water partition coefficient (Wildman–Crippen LogP) is 7.43. The average molecular weight is 486 g/mol. The van der Waals surface area contributed by atoms with E-state index in [2.05, 4.69) is 32.4 Å². The fourth-order valence-corrected chi connectivity index (χ4v) is 11.2. The SMILES string of the molecule is CC[C@]12CC[C@H](C)C[C@@]1(C)CC[C@@H]1C2CC[C@@]2(C)C1CCC[C@@H]2CNS(=O)(=O)c1ccccc1. The van der Waals surface area contributed by atoms with Crippen molar-refractivity contribution in [3.05, 3.63) is 30.3 Å². The van der Waals surface area contributed by atoms with E-state index in [0.717, 1.165) is 30.1 Å². The first-order chi connectivity index (χ1) is 16.2. The molecule has 5 rings (SSSR count). The monoisotopic (exact) mass is 485 g/mol. The van der Waals surface area contributed by atoms with Gasteiger partial charge in [-0.15, -0.1) is 0 Å². The van der Waals surface area contributed by atoms with Crippen molar-refractivity contribution in [2.75, 3.05) is 6.54 Å². The Morgan fingerprint density at radius 3 is 2.44 bits per heavy atom. The summed E-state index contributed by atoms with van der Waals surface area (Å²) in [5.41, 5.74) is 1.32. The highest BCUT2D eigenvalue weighted by atomic mass is 32.2. The molecule has 4 fully saturated rings. The molecule has 0 spiro atoms. The Morgan fingerprint density at radius 1 is 0.941 bits per heavy atom. The molecule has 3 nitrogen and oxygen atoms in total. The molecular weight excluding hydrogens is 438 g/mol. The highest BCUT2D eigenvalue weighted by molar-refractivity contribution is 7.89. The van der Waals surface area contributed by atoms with Gasteiger partial charge in [-0.3, -0.25) is 0 Å². The van der Waals surface area contributed by atoms with Gasteiger partial charge in [0.25, 0.3) is 0 Å². The van der Waals surface area contributed by atoms with E-state index in [1.54, 1.807) is 24.3 Å². The number of nitrogens with one attached hydrogen (secondary N) is 1. The lowest BCUT2D eigenvalue weighted by Gasteiger charge is -2.68. The number of fused-ring (bicyclic) bond motifs is 5. The average Bonchev–Trinajstić information content (AvgIpc) is 2.82. The van der Waals surface area contributed by atoms with Crippen LogP contribution in [0.3, 0.4) is 0 Å². The van der Waals surface area contributed by atoms with Gasteiger partial charge in [-0.2, -0.15) is 0 Å². The number of rotatable bonds is 5. The smallest absolute Gasteiger partial charge is 0.211 e. The molecule has 1 aromatic carbocycles. The molecule has 34 heavy (non-hydrogen) atoms. The van der Waals surface area contributed by atoms with E-state index in [1.165, 1.54) is 64.2 Å². The largest absolute Gasteiger partial charge is 0.240 e. The highest BCUT2D eigenvalue weighted by Gasteiger charge is 2.63. The number of hydrogen-bond donors (Lipinski definition) is 1. The second-order valence-electron chi connectivity index (χ2n) is 13.2. The fourth-order valence-electron chi connectivity index (χ4n) is 10.1. The second kappa shape index (κ2) is 8.91. The Morgan fingerprint density at radius 2 is 1.71 bits per heavy atom. The lowest BCUT2D eigenvalue weighted by Crippen LogP contribution is -2.60. The fraction of sp³-hybridized carbons (Fsp3) is 0.800. The van der Waals surface area contributed by atoms with Crippen molar-refractivity contribution in [3.63, 3.8) is 0 Å². The molecule has 0 aromatic heterocycles. The minimum Gasteiger partial charge on any atom is -0.211 e. The second-order valence-corrected chi connectivity index (χ2v) is 14.9. The van der Waals surface area contributed by atoms with Gasteiger partial charge in [0, 0.05) is 6.54 Å². The van der Waals surface area contributed by atoms with Crippen LogP contribution in [0.2, 0.25) is 0 Å². The maximum atomic E-state index is 13.0. The lowest BCUT2D eigenvalue weighted by molar-refractivity contribution is -0.186. The van der Waals surface area contributed by atoms with Crippen molar-refractivity contribution < 1.29 is 8.42 Å². The molecule has 4 heteroatoms. The van der Waals surface area contributed by atoms with Crippen molar-refractivity contribution in [1.82, 2.24) is 4.72 Å². The molecule has 1 aromatic rings. The molecule has 2 unspecified atom stereocenters. The van der Waals surface area contributed by atoms with Crippen molar-refractivity contribution in [2.24, 2.45) is 45.8 Å². The molecule has 4 aliphatic carbocycles. The molecule has 0 radical (unpaired) electrons. The zero-order chi connectivity index (χ0) is 24.2. The van der Waals surface area contributed by atoms with Crippen molar-refractivity contribution in [2.45, 2.75) is 103 Å². The standard InChI is InChI=1S/C30H47NO2S/c1-5-30-19-14-22(2)20-28(30,3)17-15-25-26-13-9-10-23(29(26,4)18-16-27(25)30)21-31-34(32,33)24-11-7-6-8-12-24/h6-8,11-12,22-23,25-27,31H,5,9-10,13-21H2,1-4H3/t22-,23+,25-,26?,27?,28+,29+,30+/m0/s1. The summed E-state index contributed by atoms with van der Waals surface area (Å²) < 4.78 is 28.9. The minimum atomic E-state index is -3.44. The van der Waals surface area contributed by atoms with Crippen LogP contribution >= 0.6 is 0 Å². The molecule has 0 heterocycles. The quantitative estimate of drug-likeness (QED) is 0.471. The molecular formula is C30H47NO2S. The summed E-state index contributed by atoms with van der Waals surface area (Å²) in [6.07, 6.45) is 14.8. The number of benzene rings is 1. The van der Waals surface area contributed by atoms with Crippen LogP contribution in [0.4, 0.5) is 0 Å². The summed E-state index contributed by atoms with van der Waals surface area (Å²) >= 11 is 0. The maximum Gasteiger partial charge on any atom is 0.240 e. The van der Waals surface area contributed by atoms with Gasteiger partial charge < -0.3 is 0 Å². The maximum absolute atomic E-state index is 13.0. The molecule has 190 valence electrons. The number of hydrogen-bond acceptors (Lipinski definition) is 2. The van der Waals surface area contributed by atoms with Crippen LogP contribution in [-0.4, -0.2) is 15.0 Å². The summed E-state index contributed by atoms with van der Waals surface area (Å²) in [6.45, 7) is 10.8. The zero-order valence-corrected chi connectivity index (χ0v) is 22.8. The van der Waals surface area contributed by atoms with Gasteiger partial charge in [0.15, 0.2) is 0 Å². The topological polar surface area (TPSA) is 46.2 Å². The van der Waals surface area contributed by atoms with Gasteiger partial charge in [0.05, 0.1) is 4.90 Å². The molecule has 4 aliphatic rings. The van der Waals surface area contributed by atoms with Crippen LogP contribution in [0.25, 0.3) is 0 Å². The third-order valence-corrected chi connectivity index (χ3v) is 13.3. The first-order valence-corrected chi connectivity index (χ1v) is 15.7. The zero-order valence-electron chi connectivity index (χ0n) is 22.0. The molecule has 0 amide bonds. The van der Waals surface area contributed by atoms with Crippen molar-refractivity contribution in [1.29, 1.82) is 0 Å². The first-order valence-electron chi connectivity index (χ1n) is 14.2. The summed E-state index contributed by atoms with van der Waals surface area (Å²) in [7, 11) is -3.44. The summed E-state index contributed by atoms with van der Waals surface area (Å²) in [5, 5.41) is 0. The van der Waals surface area contributed by atoms with E-state index in [-0.39, 0.29) is 5.41 Å². The molecule has 0 bridgehead atoms. The Labute approximate surface area is 208 Å². The summed E-state index contributed by atoms with van der Waals surface area (Å²) in [6, 6.07) is 8.89. The Balaban J connectivity index is 1.36. The predicted molar refractivity (Wildman–Crippen MR) is 140 cm³/mol. The molecule has 0 aliphatic heterocycles. The summed E-state index contributed by atoms with van der Waals surface area (Å²) in [5.74, 6) is 3.81. The molecule has 4 saturated carbocycles. The van der Waals surface area contributed by atoms with E-state index in [9.17, 15) is 8.42 Å². The molecule has 1 N–H and O–H groups in total. The van der Waals surface area contributed by atoms with E-state index in [1.807, 2.05) is 6.07 Å². The van der Waals surface area contributed by atoms with Gasteiger partial charge in [-0.25, -0.2) is 13.1 Å². The van der Waals surface area contributed by atoms with Crippen molar-refractivity contribution >= 4 is 10.0 Å². The van der Waals surface area contributed by atoms with Crippen LogP contribution in [0, 0.1) is 45.8 Å². The van der Waals surface area contributed by atoms with Crippen molar-refractivity contribution in [3.8, 4) is 0 Å². The summed E-state index contributed by atoms with van der Waals surface area (Å²) in [4.78, 5) is 0.388. The number of sulfonamides is 1. The van der Waals surface area contributed by atoms with Crippen LogP contribution in [0.1, 0.15) is 98.3 Å². The van der Waals surface area contributed by atoms with Crippen LogP contribution in [0.15, 0.2) is 35.2 Å². The van der Waals surface area contributed by atoms with Crippen LogP contribution in [-0.2, 0) is 10.0 Å². The van der Waals surface area contributed by atoms with Gasteiger partial charge in [0.2, 0.25) is 10.0 Å². The minimum absolute atomic E-state index is 0.267. The normalized spacial score (nSPS) is 44.5. The van der Waals surface area contributed by atoms with E-state index in [4.69, 9.17) is 0 Å². The Bertz CT molecular complexity index is 977. The van der Waals surface area contributed by atoms with E-state index >= 15 is 0 Å². The highest BCUT2D eigenvalue weighted by Crippen LogP contribution is 2.71. The lowest BCUT2D eigenvalue weighted by atomic mass is 9.37. The van der Waals surface area contributed by atoms with Gasteiger partial charge in [-0.1, -0.05) is 58.7 Å². The first kappa shape index (κ1) is 24.8. The Kier molecular flexibility index (Phi) is 6.50. The van der Waals surface area contributed by atoms with Crippen LogP contribution < -0.4 is 4.72 Å². The van der Waals surface area contributed by atoms with E-state index in [0.29, 0.717) is 28.2 Å². The third-order valence-electron chi connectivity index (χ3n) is 11.9. The van der Waals surface area contributed by atoms with E-state index < -0.39 is 10.0 Å². The van der Waals surface area contributed by atoms with Gasteiger partial charge in [0.1, 0.15) is 0 Å². The van der Waals surface area contributed by atoms with Crippen LogP contribution in [0.5, 0.6) is 0 Å². The van der Waals surface area contributed by atoms with Gasteiger partial charge in [-0.05, 0) is 116 Å². The van der Waals surface area contributed by atoms with Gasteiger partial charge >= 0.3 is 0 Å².